The lowest BCUT2D eigenvalue weighted by atomic mass is 9.50. The molecule has 0 aromatic heterocycles. The number of fused-ring (bicyclic) bond motifs is 5. The van der Waals surface area contributed by atoms with Crippen molar-refractivity contribution in [1.29, 1.82) is 0 Å². The molecule has 2 unspecified atom stereocenters. The fraction of sp³-hybridized carbons (Fsp3) is 0.650. The second-order valence-corrected chi connectivity index (χ2v) is 8.66. The monoisotopic (exact) mass is 314 g/mol. The van der Waals surface area contributed by atoms with E-state index in [1.807, 2.05) is 6.07 Å². The second-order valence-electron chi connectivity index (χ2n) is 8.66. The fourth-order valence-corrected chi connectivity index (χ4v) is 5.38. The number of rotatable bonds is 1. The van der Waals surface area contributed by atoms with Crippen molar-refractivity contribution in [2.45, 2.75) is 71.0 Å². The Morgan fingerprint density at radius 3 is 2.61 bits per heavy atom. The lowest BCUT2D eigenvalue weighted by Gasteiger charge is -2.51. The van der Waals surface area contributed by atoms with Crippen LogP contribution < -0.4 is 0 Å². The normalized spacial score (nSPS) is 37.1. The molecule has 4 atom stereocenters. The summed E-state index contributed by atoms with van der Waals surface area (Å²) in [5.74, 6) is 1.21. The average molecular weight is 314 g/mol. The van der Waals surface area contributed by atoms with Crippen LogP contribution >= 0.6 is 0 Å². The summed E-state index contributed by atoms with van der Waals surface area (Å²) in [6.45, 7) is 10.6. The Balaban J connectivity index is 1.89. The van der Waals surface area contributed by atoms with Crippen molar-refractivity contribution in [2.75, 3.05) is 0 Å². The Bertz CT molecular complexity index is 703. The van der Waals surface area contributed by atoms with E-state index < -0.39 is 0 Å². The van der Waals surface area contributed by atoms with Crippen LogP contribution in [0.5, 0.6) is 5.75 Å². The van der Waals surface area contributed by atoms with Gasteiger partial charge in [0.2, 0.25) is 0 Å². The molecule has 3 nitrogen and oxygen atoms in total. The van der Waals surface area contributed by atoms with Crippen molar-refractivity contribution in [1.82, 2.24) is 0 Å². The van der Waals surface area contributed by atoms with Gasteiger partial charge in [0, 0.05) is 10.8 Å². The Labute approximate surface area is 138 Å². The molecule has 0 amide bonds. The SMILES string of the molecule is CC(C)c1cc2c(cc1O)[C@@]1(C)C3OC3C(=O)C(C)(C)[C@@H]1CC2. The summed E-state index contributed by atoms with van der Waals surface area (Å²) in [4.78, 5) is 12.6. The summed E-state index contributed by atoms with van der Waals surface area (Å²) in [6, 6.07) is 4.14. The standard InChI is InChI=1S/C20H26O3/c1-10(2)12-8-11-6-7-15-19(3,4)17(22)16-18(23-16)20(15,5)13(11)9-14(12)21/h8-10,15-16,18,21H,6-7H2,1-5H3/t15-,16?,18?,20+/m0/s1. The van der Waals surface area contributed by atoms with Crippen molar-refractivity contribution < 1.29 is 14.6 Å². The minimum absolute atomic E-state index is 0.0172. The quantitative estimate of drug-likeness (QED) is 0.804. The Kier molecular flexibility index (Phi) is 2.90. The van der Waals surface area contributed by atoms with Crippen molar-refractivity contribution in [3.8, 4) is 5.75 Å². The molecule has 0 spiro atoms. The third kappa shape index (κ3) is 1.77. The highest BCUT2D eigenvalue weighted by molar-refractivity contribution is 5.93. The summed E-state index contributed by atoms with van der Waals surface area (Å²) in [6.07, 6.45) is 1.72. The zero-order valence-corrected chi connectivity index (χ0v) is 14.6. The first kappa shape index (κ1) is 15.2. The molecule has 1 aliphatic heterocycles. The molecular weight excluding hydrogens is 288 g/mol. The second kappa shape index (κ2) is 4.38. The van der Waals surface area contributed by atoms with Crippen LogP contribution in [0.1, 0.15) is 63.6 Å². The Hall–Kier alpha value is -1.35. The number of phenols is 1. The minimum Gasteiger partial charge on any atom is -0.508 e. The topological polar surface area (TPSA) is 49.8 Å². The van der Waals surface area contributed by atoms with E-state index in [9.17, 15) is 9.90 Å². The van der Waals surface area contributed by atoms with E-state index in [2.05, 4.69) is 40.7 Å². The molecule has 1 N–H and O–H groups in total. The summed E-state index contributed by atoms with van der Waals surface area (Å²) in [5.41, 5.74) is 3.00. The van der Waals surface area contributed by atoms with Crippen LogP contribution in [0.3, 0.4) is 0 Å². The highest BCUT2D eigenvalue weighted by Crippen LogP contribution is 2.62. The molecule has 1 saturated heterocycles. The van der Waals surface area contributed by atoms with Crippen LogP contribution in [-0.4, -0.2) is 23.1 Å². The molecule has 3 heteroatoms. The first-order valence-corrected chi connectivity index (χ1v) is 8.75. The summed E-state index contributed by atoms with van der Waals surface area (Å²) >= 11 is 0. The first-order chi connectivity index (χ1) is 10.7. The molecule has 1 saturated carbocycles. The molecule has 1 aromatic carbocycles. The van der Waals surface area contributed by atoms with Gasteiger partial charge < -0.3 is 9.84 Å². The van der Waals surface area contributed by atoms with Gasteiger partial charge in [0.1, 0.15) is 18.0 Å². The summed E-state index contributed by atoms with van der Waals surface area (Å²) < 4.78 is 5.84. The van der Waals surface area contributed by atoms with E-state index >= 15 is 0 Å². The van der Waals surface area contributed by atoms with Gasteiger partial charge in [0.05, 0.1) is 0 Å². The van der Waals surface area contributed by atoms with Crippen molar-refractivity contribution in [3.05, 3.63) is 28.8 Å². The first-order valence-electron chi connectivity index (χ1n) is 8.75. The maximum absolute atomic E-state index is 12.6. The maximum atomic E-state index is 12.6. The van der Waals surface area contributed by atoms with Gasteiger partial charge >= 0.3 is 0 Å². The minimum atomic E-state index is -0.365. The molecule has 0 radical (unpaired) electrons. The van der Waals surface area contributed by atoms with Gasteiger partial charge in [-0.25, -0.2) is 0 Å². The lowest BCUT2D eigenvalue weighted by Crippen LogP contribution is -2.56. The number of hydrogen-bond donors (Lipinski definition) is 1. The number of aromatic hydroxyl groups is 1. The fourth-order valence-electron chi connectivity index (χ4n) is 5.38. The summed E-state index contributed by atoms with van der Waals surface area (Å²) in [5, 5.41) is 10.5. The average Bonchev–Trinajstić information content (AvgIpc) is 3.26. The zero-order valence-electron chi connectivity index (χ0n) is 14.6. The Morgan fingerprint density at radius 2 is 1.96 bits per heavy atom. The zero-order chi connectivity index (χ0) is 16.7. The molecular formula is C20H26O3. The van der Waals surface area contributed by atoms with Gasteiger partial charge in [-0.2, -0.15) is 0 Å². The molecule has 2 fully saturated rings. The molecule has 3 aliphatic rings. The van der Waals surface area contributed by atoms with Gasteiger partial charge in [0.25, 0.3) is 0 Å². The number of epoxide rings is 1. The van der Waals surface area contributed by atoms with Crippen LogP contribution in [0, 0.1) is 11.3 Å². The lowest BCUT2D eigenvalue weighted by molar-refractivity contribution is -0.134. The number of carbonyl (C=O) groups excluding carboxylic acids is 1. The smallest absolute Gasteiger partial charge is 0.170 e. The number of Topliss-reactive ketones (excluding diaryl/α,β-unsaturated/α-hetero) is 1. The molecule has 0 bridgehead atoms. The van der Waals surface area contributed by atoms with Crippen molar-refractivity contribution >= 4 is 5.78 Å². The van der Waals surface area contributed by atoms with Gasteiger partial charge in [0.15, 0.2) is 5.78 Å². The van der Waals surface area contributed by atoms with Crippen LogP contribution in [-0.2, 0) is 21.4 Å². The van der Waals surface area contributed by atoms with E-state index in [0.717, 1.165) is 18.4 Å². The number of phenolic OH excluding ortho intramolecular Hbond substituents is 1. The van der Waals surface area contributed by atoms with E-state index in [0.29, 0.717) is 11.7 Å². The third-order valence-electron chi connectivity index (χ3n) is 6.73. The van der Waals surface area contributed by atoms with Crippen molar-refractivity contribution in [2.24, 2.45) is 11.3 Å². The van der Waals surface area contributed by atoms with Crippen LogP contribution in [0.15, 0.2) is 12.1 Å². The van der Waals surface area contributed by atoms with Gasteiger partial charge in [-0.1, -0.05) is 40.7 Å². The molecule has 124 valence electrons. The third-order valence-corrected chi connectivity index (χ3v) is 6.73. The van der Waals surface area contributed by atoms with Crippen molar-refractivity contribution in [3.63, 3.8) is 0 Å². The van der Waals surface area contributed by atoms with E-state index in [1.165, 1.54) is 11.1 Å². The number of ketones is 1. The highest BCUT2D eigenvalue weighted by atomic mass is 16.6. The number of carbonyl (C=O) groups is 1. The Morgan fingerprint density at radius 1 is 1.26 bits per heavy atom. The van der Waals surface area contributed by atoms with Crippen LogP contribution in [0.4, 0.5) is 0 Å². The molecule has 2 aliphatic carbocycles. The highest BCUT2D eigenvalue weighted by Gasteiger charge is 2.70. The van der Waals surface area contributed by atoms with Gasteiger partial charge in [-0.05, 0) is 47.4 Å². The largest absolute Gasteiger partial charge is 0.508 e. The van der Waals surface area contributed by atoms with Gasteiger partial charge in [-0.3, -0.25) is 4.79 Å². The summed E-state index contributed by atoms with van der Waals surface area (Å²) in [7, 11) is 0. The van der Waals surface area contributed by atoms with Crippen LogP contribution in [0.25, 0.3) is 0 Å². The number of aryl methyl sites for hydroxylation is 1. The van der Waals surface area contributed by atoms with E-state index in [-0.39, 0.29) is 34.7 Å². The molecule has 1 aromatic rings. The van der Waals surface area contributed by atoms with E-state index in [1.54, 1.807) is 0 Å². The predicted octanol–water partition coefficient (Wildman–Crippen LogP) is 3.71. The van der Waals surface area contributed by atoms with Gasteiger partial charge in [-0.15, -0.1) is 0 Å². The number of ether oxygens (including phenoxy) is 1. The number of benzene rings is 1. The molecule has 1 heterocycles. The van der Waals surface area contributed by atoms with Crippen LogP contribution in [0.2, 0.25) is 0 Å². The molecule has 4 rings (SSSR count). The predicted molar refractivity (Wildman–Crippen MR) is 88.8 cm³/mol. The maximum Gasteiger partial charge on any atom is 0.170 e. The van der Waals surface area contributed by atoms with E-state index in [4.69, 9.17) is 4.74 Å². The molecule has 23 heavy (non-hydrogen) atoms. The number of hydrogen-bond acceptors (Lipinski definition) is 3.